The minimum atomic E-state index is 0.101. The molecule has 2 aromatic rings. The highest BCUT2D eigenvalue weighted by Crippen LogP contribution is 2.33. The summed E-state index contributed by atoms with van der Waals surface area (Å²) in [5, 5.41) is 4.37. The lowest BCUT2D eigenvalue weighted by Gasteiger charge is -2.22. The van der Waals surface area contributed by atoms with Gasteiger partial charge in [0.15, 0.2) is 0 Å². The Balaban J connectivity index is 2.10. The van der Waals surface area contributed by atoms with Crippen molar-refractivity contribution in [3.63, 3.8) is 0 Å². The van der Waals surface area contributed by atoms with E-state index in [1.807, 2.05) is 18.2 Å². The second kappa shape index (κ2) is 7.35. The lowest BCUT2D eigenvalue weighted by molar-refractivity contribution is 0.422. The molecule has 2 aromatic carbocycles. The standard InChI is InChI=1S/C18H22ClNS/c1-18(2,3)20-12-15-10-7-11-16(19)17(15)21-13-14-8-5-4-6-9-14/h4-11,20H,12-13H2,1-3H3. The van der Waals surface area contributed by atoms with Crippen LogP contribution < -0.4 is 5.32 Å². The summed E-state index contributed by atoms with van der Waals surface area (Å²) in [6.07, 6.45) is 0. The Morgan fingerprint density at radius 1 is 1.00 bits per heavy atom. The summed E-state index contributed by atoms with van der Waals surface area (Å²) in [5.41, 5.74) is 2.68. The summed E-state index contributed by atoms with van der Waals surface area (Å²) in [7, 11) is 0. The van der Waals surface area contributed by atoms with Gasteiger partial charge in [0.2, 0.25) is 0 Å². The third-order valence-electron chi connectivity index (χ3n) is 3.08. The number of hydrogen-bond donors (Lipinski definition) is 1. The number of hydrogen-bond acceptors (Lipinski definition) is 2. The van der Waals surface area contributed by atoms with Gasteiger partial charge in [-0.2, -0.15) is 0 Å². The zero-order valence-electron chi connectivity index (χ0n) is 12.8. The summed E-state index contributed by atoms with van der Waals surface area (Å²) in [5.74, 6) is 0.938. The number of benzene rings is 2. The van der Waals surface area contributed by atoms with Crippen LogP contribution in [0.15, 0.2) is 53.4 Å². The predicted octanol–water partition coefficient (Wildman–Crippen LogP) is 5.52. The molecule has 0 amide bonds. The van der Waals surface area contributed by atoms with Crippen molar-refractivity contribution >= 4 is 23.4 Å². The normalized spacial score (nSPS) is 11.6. The van der Waals surface area contributed by atoms with E-state index in [-0.39, 0.29) is 5.54 Å². The first kappa shape index (κ1) is 16.4. The van der Waals surface area contributed by atoms with Gasteiger partial charge in [-0.25, -0.2) is 0 Å². The first-order valence-electron chi connectivity index (χ1n) is 7.15. The van der Waals surface area contributed by atoms with Gasteiger partial charge in [0.25, 0.3) is 0 Å². The Kier molecular flexibility index (Phi) is 5.74. The second-order valence-electron chi connectivity index (χ2n) is 6.11. The van der Waals surface area contributed by atoms with Crippen LogP contribution in [0, 0.1) is 0 Å². The Morgan fingerprint density at radius 2 is 1.71 bits per heavy atom. The van der Waals surface area contributed by atoms with Crippen LogP contribution in [0.3, 0.4) is 0 Å². The number of rotatable bonds is 5. The fraction of sp³-hybridized carbons (Fsp3) is 0.333. The number of halogens is 1. The predicted molar refractivity (Wildman–Crippen MR) is 94.0 cm³/mol. The van der Waals surface area contributed by atoms with Crippen molar-refractivity contribution in [2.45, 2.75) is 43.5 Å². The van der Waals surface area contributed by atoms with Crippen LogP contribution in [0.1, 0.15) is 31.9 Å². The van der Waals surface area contributed by atoms with Crippen LogP contribution in [0.5, 0.6) is 0 Å². The quantitative estimate of drug-likeness (QED) is 0.728. The zero-order chi connectivity index (χ0) is 15.3. The van der Waals surface area contributed by atoms with Crippen molar-refractivity contribution in [3.05, 3.63) is 64.7 Å². The van der Waals surface area contributed by atoms with Crippen molar-refractivity contribution in [1.82, 2.24) is 5.32 Å². The van der Waals surface area contributed by atoms with E-state index in [0.717, 1.165) is 17.3 Å². The Morgan fingerprint density at radius 3 is 2.38 bits per heavy atom. The molecule has 0 saturated carbocycles. The molecule has 1 nitrogen and oxygen atoms in total. The molecule has 0 aliphatic carbocycles. The fourth-order valence-corrected chi connectivity index (χ4v) is 3.34. The summed E-state index contributed by atoms with van der Waals surface area (Å²) in [4.78, 5) is 1.18. The summed E-state index contributed by atoms with van der Waals surface area (Å²) >= 11 is 8.20. The molecule has 0 atom stereocenters. The maximum Gasteiger partial charge on any atom is 0.0545 e. The molecule has 1 N–H and O–H groups in total. The van der Waals surface area contributed by atoms with E-state index in [2.05, 4.69) is 56.4 Å². The highest BCUT2D eigenvalue weighted by Gasteiger charge is 2.12. The maximum absolute atomic E-state index is 6.40. The molecule has 0 spiro atoms. The second-order valence-corrected chi connectivity index (χ2v) is 7.50. The topological polar surface area (TPSA) is 12.0 Å². The van der Waals surface area contributed by atoms with E-state index < -0.39 is 0 Å². The SMILES string of the molecule is CC(C)(C)NCc1cccc(Cl)c1SCc1ccccc1. The highest BCUT2D eigenvalue weighted by molar-refractivity contribution is 7.98. The first-order valence-corrected chi connectivity index (χ1v) is 8.51. The van der Waals surface area contributed by atoms with Gasteiger partial charge in [-0.15, -0.1) is 11.8 Å². The van der Waals surface area contributed by atoms with Gasteiger partial charge in [-0.1, -0.05) is 54.1 Å². The van der Waals surface area contributed by atoms with Gasteiger partial charge < -0.3 is 5.32 Å². The molecule has 21 heavy (non-hydrogen) atoms. The largest absolute Gasteiger partial charge is 0.308 e. The van der Waals surface area contributed by atoms with Gasteiger partial charge in [-0.05, 0) is 38.0 Å². The van der Waals surface area contributed by atoms with Crippen molar-refractivity contribution < 1.29 is 0 Å². The van der Waals surface area contributed by atoms with Crippen LogP contribution in [0.25, 0.3) is 0 Å². The molecule has 0 radical (unpaired) electrons. The van der Waals surface area contributed by atoms with Gasteiger partial charge in [0, 0.05) is 22.7 Å². The molecule has 0 heterocycles. The van der Waals surface area contributed by atoms with Crippen LogP contribution in [-0.2, 0) is 12.3 Å². The minimum Gasteiger partial charge on any atom is -0.308 e. The monoisotopic (exact) mass is 319 g/mol. The van der Waals surface area contributed by atoms with Crippen LogP contribution >= 0.6 is 23.4 Å². The fourth-order valence-electron chi connectivity index (χ4n) is 1.94. The van der Waals surface area contributed by atoms with Crippen molar-refractivity contribution in [3.8, 4) is 0 Å². The van der Waals surface area contributed by atoms with Gasteiger partial charge in [0.1, 0.15) is 0 Å². The molecule has 0 bridgehead atoms. The Labute approximate surface area is 137 Å². The van der Waals surface area contributed by atoms with E-state index in [4.69, 9.17) is 11.6 Å². The lowest BCUT2D eigenvalue weighted by atomic mass is 10.1. The first-order chi connectivity index (χ1) is 9.96. The van der Waals surface area contributed by atoms with Gasteiger partial charge in [-0.3, -0.25) is 0 Å². The minimum absolute atomic E-state index is 0.101. The van der Waals surface area contributed by atoms with Crippen molar-refractivity contribution in [2.24, 2.45) is 0 Å². The third-order valence-corrected chi connectivity index (χ3v) is 4.76. The molecular formula is C18H22ClNS. The molecular weight excluding hydrogens is 298 g/mol. The Bertz CT molecular complexity index is 576. The van der Waals surface area contributed by atoms with Crippen molar-refractivity contribution in [2.75, 3.05) is 0 Å². The van der Waals surface area contributed by atoms with E-state index in [0.29, 0.717) is 0 Å². The molecule has 2 rings (SSSR count). The lowest BCUT2D eigenvalue weighted by Crippen LogP contribution is -2.35. The molecule has 3 heteroatoms. The average molecular weight is 320 g/mol. The maximum atomic E-state index is 6.40. The van der Waals surface area contributed by atoms with Crippen LogP contribution in [0.2, 0.25) is 5.02 Å². The van der Waals surface area contributed by atoms with E-state index in [1.54, 1.807) is 11.8 Å². The smallest absolute Gasteiger partial charge is 0.0545 e. The van der Waals surface area contributed by atoms with Crippen molar-refractivity contribution in [1.29, 1.82) is 0 Å². The average Bonchev–Trinajstić information content (AvgIpc) is 2.44. The molecule has 0 unspecified atom stereocenters. The molecule has 0 aliphatic heterocycles. The van der Waals surface area contributed by atoms with E-state index in [9.17, 15) is 0 Å². The molecule has 0 aromatic heterocycles. The van der Waals surface area contributed by atoms with Crippen LogP contribution in [0.4, 0.5) is 0 Å². The third kappa shape index (κ3) is 5.39. The van der Waals surface area contributed by atoms with E-state index in [1.165, 1.54) is 16.0 Å². The van der Waals surface area contributed by atoms with Gasteiger partial charge in [0.05, 0.1) is 5.02 Å². The number of thioether (sulfide) groups is 1. The highest BCUT2D eigenvalue weighted by atomic mass is 35.5. The summed E-state index contributed by atoms with van der Waals surface area (Å²) in [6.45, 7) is 7.36. The molecule has 0 fully saturated rings. The summed E-state index contributed by atoms with van der Waals surface area (Å²) in [6, 6.07) is 16.6. The summed E-state index contributed by atoms with van der Waals surface area (Å²) < 4.78 is 0. The van der Waals surface area contributed by atoms with Gasteiger partial charge >= 0.3 is 0 Å². The molecule has 0 saturated heterocycles. The zero-order valence-corrected chi connectivity index (χ0v) is 14.4. The molecule has 0 aliphatic rings. The molecule has 112 valence electrons. The van der Waals surface area contributed by atoms with Crippen LogP contribution in [-0.4, -0.2) is 5.54 Å². The number of nitrogens with one attached hydrogen (secondary N) is 1. The van der Waals surface area contributed by atoms with E-state index >= 15 is 0 Å². The Hall–Kier alpha value is -0.960.